The molecule has 0 spiro atoms. The summed E-state index contributed by atoms with van der Waals surface area (Å²) in [6.45, 7) is 2.48. The van der Waals surface area contributed by atoms with E-state index in [1.807, 2.05) is 36.5 Å². The van der Waals surface area contributed by atoms with Crippen molar-refractivity contribution >= 4 is 28.2 Å². The van der Waals surface area contributed by atoms with Gasteiger partial charge in [-0.15, -0.1) is 10.2 Å². The zero-order valence-corrected chi connectivity index (χ0v) is 13.8. The minimum atomic E-state index is 0.523. The molecule has 1 aromatic carbocycles. The molecule has 5 nitrogen and oxygen atoms in total. The highest BCUT2D eigenvalue weighted by molar-refractivity contribution is 6.30. The maximum Gasteiger partial charge on any atom is 0.158 e. The first-order chi connectivity index (χ1) is 11.8. The van der Waals surface area contributed by atoms with Gasteiger partial charge in [-0.05, 0) is 24.6 Å². The summed E-state index contributed by atoms with van der Waals surface area (Å²) in [6.07, 6.45) is 4.69. The number of pyridine rings is 1. The van der Waals surface area contributed by atoms with Gasteiger partial charge in [-0.1, -0.05) is 23.7 Å². The summed E-state index contributed by atoms with van der Waals surface area (Å²) in [7, 11) is 0. The summed E-state index contributed by atoms with van der Waals surface area (Å²) >= 11 is 5.98. The third kappa shape index (κ3) is 3.05. The molecule has 0 saturated carbocycles. The van der Waals surface area contributed by atoms with Crippen molar-refractivity contribution in [3.05, 3.63) is 47.7 Å². The molecule has 0 bridgehead atoms. The summed E-state index contributed by atoms with van der Waals surface area (Å²) in [5.41, 5.74) is 1.82. The average molecular weight is 341 g/mol. The highest BCUT2D eigenvalue weighted by Crippen LogP contribution is 2.30. The number of nitrogens with zero attached hydrogens (tertiary/aromatic N) is 3. The molecule has 1 N–H and O–H groups in total. The second-order valence-electron chi connectivity index (χ2n) is 5.94. The second kappa shape index (κ2) is 6.71. The van der Waals surface area contributed by atoms with E-state index >= 15 is 0 Å². The molecular formula is C18H17ClN4O. The number of nitrogens with one attached hydrogen (secondary N) is 1. The van der Waals surface area contributed by atoms with E-state index in [0.717, 1.165) is 54.0 Å². The Morgan fingerprint density at radius 1 is 1.12 bits per heavy atom. The van der Waals surface area contributed by atoms with E-state index in [4.69, 9.17) is 16.3 Å². The lowest BCUT2D eigenvalue weighted by Crippen LogP contribution is -2.15. The first-order valence-electron chi connectivity index (χ1n) is 7.99. The SMILES string of the molecule is Clc1ccc(-c2nnc(NC[C@@H]3CCOC3)c3cnccc23)cc1. The van der Waals surface area contributed by atoms with Gasteiger partial charge in [-0.3, -0.25) is 4.98 Å². The fourth-order valence-corrected chi connectivity index (χ4v) is 3.06. The van der Waals surface area contributed by atoms with E-state index in [2.05, 4.69) is 20.5 Å². The van der Waals surface area contributed by atoms with Gasteiger partial charge < -0.3 is 10.1 Å². The molecular weight excluding hydrogens is 324 g/mol. The Hall–Kier alpha value is -2.24. The maximum atomic E-state index is 5.98. The predicted molar refractivity (Wildman–Crippen MR) is 95.2 cm³/mol. The van der Waals surface area contributed by atoms with Crippen LogP contribution in [0.15, 0.2) is 42.7 Å². The molecule has 1 aliphatic heterocycles. The molecule has 1 atom stereocenters. The minimum Gasteiger partial charge on any atom is -0.381 e. The van der Waals surface area contributed by atoms with E-state index in [1.165, 1.54) is 0 Å². The van der Waals surface area contributed by atoms with Crippen LogP contribution in [0.5, 0.6) is 0 Å². The van der Waals surface area contributed by atoms with Crippen molar-refractivity contribution in [3.8, 4) is 11.3 Å². The van der Waals surface area contributed by atoms with Crippen LogP contribution in [0.4, 0.5) is 5.82 Å². The molecule has 0 aliphatic carbocycles. The van der Waals surface area contributed by atoms with Crippen LogP contribution in [0, 0.1) is 5.92 Å². The Morgan fingerprint density at radius 3 is 2.79 bits per heavy atom. The molecule has 0 amide bonds. The fourth-order valence-electron chi connectivity index (χ4n) is 2.93. The zero-order valence-electron chi connectivity index (χ0n) is 13.1. The van der Waals surface area contributed by atoms with Gasteiger partial charge in [-0.2, -0.15) is 0 Å². The van der Waals surface area contributed by atoms with Gasteiger partial charge in [0.15, 0.2) is 5.82 Å². The van der Waals surface area contributed by atoms with Crippen molar-refractivity contribution in [3.63, 3.8) is 0 Å². The number of ether oxygens (including phenoxy) is 1. The number of anilines is 1. The highest BCUT2D eigenvalue weighted by Gasteiger charge is 2.17. The first kappa shape index (κ1) is 15.3. The Balaban J connectivity index is 1.70. The van der Waals surface area contributed by atoms with Crippen molar-refractivity contribution in [2.45, 2.75) is 6.42 Å². The molecule has 2 aromatic heterocycles. The van der Waals surface area contributed by atoms with Gasteiger partial charge in [0.25, 0.3) is 0 Å². The van der Waals surface area contributed by atoms with Gasteiger partial charge in [0, 0.05) is 52.8 Å². The van der Waals surface area contributed by atoms with E-state index in [0.29, 0.717) is 10.9 Å². The quantitative estimate of drug-likeness (QED) is 0.783. The number of hydrogen-bond donors (Lipinski definition) is 1. The minimum absolute atomic E-state index is 0.523. The molecule has 3 heterocycles. The van der Waals surface area contributed by atoms with Crippen LogP contribution in [0.2, 0.25) is 5.02 Å². The lowest BCUT2D eigenvalue weighted by Gasteiger charge is -2.13. The van der Waals surface area contributed by atoms with Gasteiger partial charge in [0.2, 0.25) is 0 Å². The van der Waals surface area contributed by atoms with Crippen molar-refractivity contribution in [2.75, 3.05) is 25.1 Å². The van der Waals surface area contributed by atoms with Crippen LogP contribution < -0.4 is 5.32 Å². The third-order valence-corrected chi connectivity index (χ3v) is 4.53. The van der Waals surface area contributed by atoms with Gasteiger partial charge in [0.05, 0.1) is 6.61 Å². The summed E-state index contributed by atoms with van der Waals surface area (Å²) in [5, 5.41) is 14.9. The molecule has 1 saturated heterocycles. The number of fused-ring (bicyclic) bond motifs is 1. The zero-order chi connectivity index (χ0) is 16.4. The smallest absolute Gasteiger partial charge is 0.158 e. The highest BCUT2D eigenvalue weighted by atomic mass is 35.5. The largest absolute Gasteiger partial charge is 0.381 e. The van der Waals surface area contributed by atoms with Crippen LogP contribution in [-0.2, 0) is 4.74 Å². The van der Waals surface area contributed by atoms with E-state index in [-0.39, 0.29) is 0 Å². The van der Waals surface area contributed by atoms with Gasteiger partial charge >= 0.3 is 0 Å². The Bertz CT molecular complexity index is 847. The third-order valence-electron chi connectivity index (χ3n) is 4.28. The van der Waals surface area contributed by atoms with E-state index < -0.39 is 0 Å². The molecule has 1 aliphatic rings. The summed E-state index contributed by atoms with van der Waals surface area (Å²) in [6, 6.07) is 9.60. The molecule has 0 radical (unpaired) electrons. The number of halogens is 1. The molecule has 122 valence electrons. The van der Waals surface area contributed by atoms with E-state index in [1.54, 1.807) is 6.20 Å². The Morgan fingerprint density at radius 2 is 2.00 bits per heavy atom. The van der Waals surface area contributed by atoms with Crippen LogP contribution in [0.25, 0.3) is 22.0 Å². The van der Waals surface area contributed by atoms with Crippen molar-refractivity contribution < 1.29 is 4.74 Å². The van der Waals surface area contributed by atoms with Gasteiger partial charge in [-0.25, -0.2) is 0 Å². The lowest BCUT2D eigenvalue weighted by atomic mass is 10.1. The van der Waals surface area contributed by atoms with Crippen molar-refractivity contribution in [1.82, 2.24) is 15.2 Å². The number of rotatable bonds is 4. The summed E-state index contributed by atoms with van der Waals surface area (Å²) in [5.74, 6) is 1.29. The molecule has 0 unspecified atom stereocenters. The fraction of sp³-hybridized carbons (Fsp3) is 0.278. The number of benzene rings is 1. The standard InChI is InChI=1S/C18H17ClN4O/c19-14-3-1-13(2-4-14)17-15-5-7-20-10-16(15)18(23-22-17)21-9-12-6-8-24-11-12/h1-5,7,10,12H,6,8-9,11H2,(H,21,23)/t12-/m0/s1. The summed E-state index contributed by atoms with van der Waals surface area (Å²) in [4.78, 5) is 4.25. The molecule has 4 rings (SSSR count). The molecule has 1 fully saturated rings. The molecule has 3 aromatic rings. The second-order valence-corrected chi connectivity index (χ2v) is 6.37. The predicted octanol–water partition coefficient (Wildman–Crippen LogP) is 3.79. The van der Waals surface area contributed by atoms with Crippen molar-refractivity contribution in [2.24, 2.45) is 5.92 Å². The van der Waals surface area contributed by atoms with E-state index in [9.17, 15) is 0 Å². The van der Waals surface area contributed by atoms with Gasteiger partial charge in [0.1, 0.15) is 5.69 Å². The molecule has 24 heavy (non-hydrogen) atoms. The Labute approximate surface area is 145 Å². The van der Waals surface area contributed by atoms with Crippen LogP contribution in [0.1, 0.15) is 6.42 Å². The number of aromatic nitrogens is 3. The lowest BCUT2D eigenvalue weighted by molar-refractivity contribution is 0.187. The normalized spacial score (nSPS) is 17.3. The Kier molecular flexibility index (Phi) is 4.28. The van der Waals surface area contributed by atoms with Crippen LogP contribution in [-0.4, -0.2) is 34.9 Å². The van der Waals surface area contributed by atoms with Crippen molar-refractivity contribution in [1.29, 1.82) is 0 Å². The van der Waals surface area contributed by atoms with Crippen LogP contribution >= 0.6 is 11.6 Å². The monoisotopic (exact) mass is 340 g/mol. The first-order valence-corrected chi connectivity index (χ1v) is 8.37. The number of hydrogen-bond acceptors (Lipinski definition) is 5. The topological polar surface area (TPSA) is 59.9 Å². The average Bonchev–Trinajstić information content (AvgIpc) is 3.14. The maximum absolute atomic E-state index is 5.98. The van der Waals surface area contributed by atoms with Crippen LogP contribution in [0.3, 0.4) is 0 Å². The molecule has 6 heteroatoms. The summed E-state index contributed by atoms with van der Waals surface area (Å²) < 4.78 is 5.42.